The van der Waals surface area contributed by atoms with Crippen molar-refractivity contribution in [2.24, 2.45) is 7.05 Å². The van der Waals surface area contributed by atoms with Crippen molar-refractivity contribution in [1.29, 1.82) is 0 Å². The molecule has 2 aromatic rings. The maximum atomic E-state index is 5.71. The first-order valence-corrected chi connectivity index (χ1v) is 4.94. The Balaban J connectivity index is 2.54. The van der Waals surface area contributed by atoms with Crippen LogP contribution in [0, 0.1) is 13.8 Å². The molecule has 0 atom stereocenters. The number of nitrogens with zero attached hydrogens (tertiary/aromatic N) is 2. The molecule has 0 fully saturated rings. The minimum absolute atomic E-state index is 0.546. The number of rotatable bonds is 1. The monoisotopic (exact) mass is 201 g/mol. The van der Waals surface area contributed by atoms with Crippen LogP contribution in [0.2, 0.25) is 0 Å². The molecule has 3 heteroatoms. The third kappa shape index (κ3) is 1.73. The van der Waals surface area contributed by atoms with Crippen molar-refractivity contribution in [2.75, 3.05) is 5.73 Å². The second-order valence-electron chi connectivity index (χ2n) is 3.91. The number of nitrogens with two attached hydrogens (primary N) is 1. The van der Waals surface area contributed by atoms with Gasteiger partial charge >= 0.3 is 0 Å². The van der Waals surface area contributed by atoms with Gasteiger partial charge in [0, 0.05) is 18.8 Å². The summed E-state index contributed by atoms with van der Waals surface area (Å²) in [6, 6.07) is 6.33. The highest BCUT2D eigenvalue weighted by atomic mass is 15.1. The third-order valence-electron chi connectivity index (χ3n) is 2.57. The quantitative estimate of drug-likeness (QED) is 0.769. The summed E-state index contributed by atoms with van der Waals surface area (Å²) in [7, 11) is 1.90. The molecular formula is C12H15N3. The van der Waals surface area contributed by atoms with Crippen molar-refractivity contribution in [3.05, 3.63) is 35.5 Å². The van der Waals surface area contributed by atoms with Crippen LogP contribution in [-0.4, -0.2) is 9.55 Å². The molecule has 0 saturated heterocycles. The molecule has 0 radical (unpaired) electrons. The van der Waals surface area contributed by atoms with E-state index in [1.165, 1.54) is 11.1 Å². The number of aromatic nitrogens is 2. The molecule has 2 rings (SSSR count). The normalized spacial score (nSPS) is 10.6. The highest BCUT2D eigenvalue weighted by molar-refractivity contribution is 5.64. The molecule has 78 valence electrons. The molecule has 0 unspecified atom stereocenters. The van der Waals surface area contributed by atoms with E-state index in [9.17, 15) is 0 Å². The Morgan fingerprint density at radius 3 is 2.53 bits per heavy atom. The SMILES string of the molecule is Cc1ccc(-c2cn(C)c(N)n2)c(C)c1. The molecule has 0 aliphatic rings. The zero-order valence-corrected chi connectivity index (χ0v) is 9.28. The molecule has 0 bridgehead atoms. The van der Waals surface area contributed by atoms with Crippen molar-refractivity contribution in [3.8, 4) is 11.3 Å². The Morgan fingerprint density at radius 2 is 2.00 bits per heavy atom. The predicted molar refractivity (Wildman–Crippen MR) is 62.5 cm³/mol. The molecule has 0 spiro atoms. The fraction of sp³-hybridized carbons (Fsp3) is 0.250. The van der Waals surface area contributed by atoms with Gasteiger partial charge in [0.25, 0.3) is 0 Å². The molecule has 1 aromatic carbocycles. The van der Waals surface area contributed by atoms with E-state index in [2.05, 4.69) is 37.0 Å². The van der Waals surface area contributed by atoms with Gasteiger partial charge in [-0.2, -0.15) is 0 Å². The van der Waals surface area contributed by atoms with Gasteiger partial charge in [-0.1, -0.05) is 23.8 Å². The lowest BCUT2D eigenvalue weighted by molar-refractivity contribution is 0.930. The van der Waals surface area contributed by atoms with E-state index < -0.39 is 0 Å². The molecule has 0 aliphatic heterocycles. The van der Waals surface area contributed by atoms with Crippen LogP contribution in [-0.2, 0) is 7.05 Å². The lowest BCUT2D eigenvalue weighted by Crippen LogP contribution is -1.94. The van der Waals surface area contributed by atoms with E-state index in [4.69, 9.17) is 5.73 Å². The van der Waals surface area contributed by atoms with Crippen molar-refractivity contribution in [1.82, 2.24) is 9.55 Å². The van der Waals surface area contributed by atoms with E-state index in [1.54, 1.807) is 0 Å². The Morgan fingerprint density at radius 1 is 1.27 bits per heavy atom. The molecular weight excluding hydrogens is 186 g/mol. The average Bonchev–Trinajstić information content (AvgIpc) is 2.46. The summed E-state index contributed by atoms with van der Waals surface area (Å²) < 4.78 is 1.83. The second kappa shape index (κ2) is 3.42. The van der Waals surface area contributed by atoms with Gasteiger partial charge in [0.1, 0.15) is 0 Å². The van der Waals surface area contributed by atoms with Crippen LogP contribution < -0.4 is 5.73 Å². The van der Waals surface area contributed by atoms with Crippen LogP contribution in [0.5, 0.6) is 0 Å². The van der Waals surface area contributed by atoms with Gasteiger partial charge in [-0.15, -0.1) is 0 Å². The smallest absolute Gasteiger partial charge is 0.200 e. The maximum Gasteiger partial charge on any atom is 0.200 e. The maximum absolute atomic E-state index is 5.71. The largest absolute Gasteiger partial charge is 0.369 e. The number of imidazole rings is 1. The summed E-state index contributed by atoms with van der Waals surface area (Å²) in [6.07, 6.45) is 1.95. The highest BCUT2D eigenvalue weighted by Crippen LogP contribution is 2.23. The Kier molecular flexibility index (Phi) is 2.23. The molecule has 2 N–H and O–H groups in total. The Bertz CT molecular complexity index is 478. The zero-order valence-electron chi connectivity index (χ0n) is 9.28. The van der Waals surface area contributed by atoms with Gasteiger partial charge in [0.15, 0.2) is 5.95 Å². The molecule has 0 aliphatic carbocycles. The standard InChI is InChI=1S/C12H15N3/c1-8-4-5-10(9(2)6-8)11-7-15(3)12(13)14-11/h4-7H,1-3H3,(H2,13,14). The van der Waals surface area contributed by atoms with Crippen molar-refractivity contribution in [3.63, 3.8) is 0 Å². The number of anilines is 1. The van der Waals surface area contributed by atoms with E-state index in [1.807, 2.05) is 17.8 Å². The summed E-state index contributed by atoms with van der Waals surface area (Å²) in [5.41, 5.74) is 10.3. The van der Waals surface area contributed by atoms with E-state index in [0.717, 1.165) is 11.3 Å². The summed E-state index contributed by atoms with van der Waals surface area (Å²) in [4.78, 5) is 4.31. The van der Waals surface area contributed by atoms with Crippen LogP contribution in [0.3, 0.4) is 0 Å². The summed E-state index contributed by atoms with van der Waals surface area (Å²) in [5, 5.41) is 0. The van der Waals surface area contributed by atoms with Gasteiger partial charge in [0.05, 0.1) is 5.69 Å². The van der Waals surface area contributed by atoms with Gasteiger partial charge < -0.3 is 10.3 Å². The highest BCUT2D eigenvalue weighted by Gasteiger charge is 2.06. The zero-order chi connectivity index (χ0) is 11.0. The van der Waals surface area contributed by atoms with Crippen molar-refractivity contribution in [2.45, 2.75) is 13.8 Å². The predicted octanol–water partition coefficient (Wildman–Crippen LogP) is 2.29. The number of nitrogen functional groups attached to an aromatic ring is 1. The van der Waals surface area contributed by atoms with Crippen LogP contribution in [0.1, 0.15) is 11.1 Å². The van der Waals surface area contributed by atoms with Gasteiger partial charge in [-0.05, 0) is 19.4 Å². The summed E-state index contributed by atoms with van der Waals surface area (Å²) in [5.74, 6) is 0.546. The van der Waals surface area contributed by atoms with Gasteiger partial charge in [-0.25, -0.2) is 4.98 Å². The third-order valence-corrected chi connectivity index (χ3v) is 2.57. The van der Waals surface area contributed by atoms with Crippen molar-refractivity contribution >= 4 is 5.95 Å². The average molecular weight is 201 g/mol. The van der Waals surface area contributed by atoms with E-state index in [-0.39, 0.29) is 0 Å². The number of hydrogen-bond donors (Lipinski definition) is 1. The fourth-order valence-electron chi connectivity index (χ4n) is 1.71. The summed E-state index contributed by atoms with van der Waals surface area (Å²) >= 11 is 0. The van der Waals surface area contributed by atoms with Crippen molar-refractivity contribution < 1.29 is 0 Å². The number of benzene rings is 1. The van der Waals surface area contributed by atoms with Gasteiger partial charge in [0.2, 0.25) is 0 Å². The first kappa shape index (κ1) is 9.77. The molecule has 3 nitrogen and oxygen atoms in total. The second-order valence-corrected chi connectivity index (χ2v) is 3.91. The van der Waals surface area contributed by atoms with E-state index in [0.29, 0.717) is 5.95 Å². The topological polar surface area (TPSA) is 43.8 Å². The van der Waals surface area contributed by atoms with Crippen LogP contribution in [0.4, 0.5) is 5.95 Å². The first-order chi connectivity index (χ1) is 7.08. The number of aryl methyl sites for hydroxylation is 3. The first-order valence-electron chi connectivity index (χ1n) is 4.94. The molecule has 1 heterocycles. The lowest BCUT2D eigenvalue weighted by Gasteiger charge is -2.02. The lowest BCUT2D eigenvalue weighted by atomic mass is 10.0. The minimum atomic E-state index is 0.546. The Labute approximate surface area is 89.6 Å². The van der Waals surface area contributed by atoms with E-state index >= 15 is 0 Å². The summed E-state index contributed by atoms with van der Waals surface area (Å²) in [6.45, 7) is 4.18. The van der Waals surface area contributed by atoms with Crippen LogP contribution in [0.25, 0.3) is 11.3 Å². The van der Waals surface area contributed by atoms with Crippen LogP contribution in [0.15, 0.2) is 24.4 Å². The fourth-order valence-corrected chi connectivity index (χ4v) is 1.71. The van der Waals surface area contributed by atoms with Crippen LogP contribution >= 0.6 is 0 Å². The molecule has 0 saturated carbocycles. The molecule has 15 heavy (non-hydrogen) atoms. The number of hydrogen-bond acceptors (Lipinski definition) is 2. The van der Waals surface area contributed by atoms with Gasteiger partial charge in [-0.3, -0.25) is 0 Å². The molecule has 0 amide bonds. The minimum Gasteiger partial charge on any atom is -0.369 e. The Hall–Kier alpha value is -1.77. The molecule has 1 aromatic heterocycles.